The predicted molar refractivity (Wildman–Crippen MR) is 97.7 cm³/mol. The molecule has 24 heavy (non-hydrogen) atoms. The molecule has 0 saturated heterocycles. The maximum atomic E-state index is 11.3. The van der Waals surface area contributed by atoms with Gasteiger partial charge in [0.1, 0.15) is 5.78 Å². The summed E-state index contributed by atoms with van der Waals surface area (Å²) in [4.78, 5) is 11.3. The van der Waals surface area contributed by atoms with Gasteiger partial charge in [0.05, 0.1) is 5.75 Å². The fraction of sp³-hybridized carbons (Fsp3) is 0.211. The lowest BCUT2D eigenvalue weighted by atomic mass is 10.1. The van der Waals surface area contributed by atoms with Crippen LogP contribution in [-0.2, 0) is 4.79 Å². The molecule has 122 valence electrons. The van der Waals surface area contributed by atoms with Crippen molar-refractivity contribution in [2.24, 2.45) is 0 Å². The molecule has 0 N–H and O–H groups in total. The van der Waals surface area contributed by atoms with E-state index in [4.69, 9.17) is 0 Å². The summed E-state index contributed by atoms with van der Waals surface area (Å²) < 4.78 is 2.01. The van der Waals surface area contributed by atoms with E-state index >= 15 is 0 Å². The largest absolute Gasteiger partial charge is 0.299 e. The molecule has 0 aliphatic heterocycles. The Kier molecular flexibility index (Phi) is 4.81. The minimum Gasteiger partial charge on any atom is -0.299 e. The molecule has 0 aliphatic rings. The van der Waals surface area contributed by atoms with Gasteiger partial charge in [0.25, 0.3) is 0 Å². The number of benzene rings is 2. The first-order valence-electron chi connectivity index (χ1n) is 7.76. The average molecular weight is 337 g/mol. The third-order valence-corrected chi connectivity index (χ3v) is 4.71. The lowest BCUT2D eigenvalue weighted by Crippen LogP contribution is -2.02. The summed E-state index contributed by atoms with van der Waals surface area (Å²) in [7, 11) is 0. The Bertz CT molecular complexity index is 851. The van der Waals surface area contributed by atoms with Gasteiger partial charge in [-0.15, -0.1) is 10.2 Å². The second-order valence-electron chi connectivity index (χ2n) is 5.83. The lowest BCUT2D eigenvalue weighted by Gasteiger charge is -2.10. The van der Waals surface area contributed by atoms with E-state index in [9.17, 15) is 4.79 Å². The molecule has 2 aromatic carbocycles. The van der Waals surface area contributed by atoms with Crippen LogP contribution < -0.4 is 0 Å². The van der Waals surface area contributed by atoms with Gasteiger partial charge in [0, 0.05) is 11.3 Å². The fourth-order valence-electron chi connectivity index (χ4n) is 2.35. The summed E-state index contributed by atoms with van der Waals surface area (Å²) in [6.45, 7) is 5.70. The number of aromatic nitrogens is 3. The molecule has 0 spiro atoms. The molecule has 0 unspecified atom stereocenters. The van der Waals surface area contributed by atoms with Crippen LogP contribution in [0.15, 0.2) is 53.7 Å². The van der Waals surface area contributed by atoms with Crippen molar-refractivity contribution in [3.8, 4) is 17.1 Å². The minimum absolute atomic E-state index is 0.121. The number of nitrogens with zero attached hydrogens (tertiary/aromatic N) is 3. The first kappa shape index (κ1) is 16.5. The van der Waals surface area contributed by atoms with Gasteiger partial charge in [-0.3, -0.25) is 9.36 Å². The second-order valence-corrected chi connectivity index (χ2v) is 6.78. The van der Waals surface area contributed by atoms with Crippen LogP contribution in [0.4, 0.5) is 0 Å². The normalized spacial score (nSPS) is 10.8. The van der Waals surface area contributed by atoms with Crippen LogP contribution in [0.25, 0.3) is 17.1 Å². The summed E-state index contributed by atoms with van der Waals surface area (Å²) in [5.41, 5.74) is 4.39. The van der Waals surface area contributed by atoms with E-state index < -0.39 is 0 Å². The summed E-state index contributed by atoms with van der Waals surface area (Å²) >= 11 is 1.41. The van der Waals surface area contributed by atoms with Crippen molar-refractivity contribution in [3.05, 3.63) is 59.7 Å². The van der Waals surface area contributed by atoms with Crippen molar-refractivity contribution in [1.29, 1.82) is 0 Å². The Morgan fingerprint density at radius 1 is 0.958 bits per heavy atom. The van der Waals surface area contributed by atoms with Crippen molar-refractivity contribution in [2.75, 3.05) is 5.75 Å². The van der Waals surface area contributed by atoms with Crippen molar-refractivity contribution in [1.82, 2.24) is 14.8 Å². The third kappa shape index (κ3) is 3.57. The summed E-state index contributed by atoms with van der Waals surface area (Å²) in [6.07, 6.45) is 0. The second kappa shape index (κ2) is 7.01. The Morgan fingerprint density at radius 3 is 2.12 bits per heavy atom. The Balaban J connectivity index is 2.09. The van der Waals surface area contributed by atoms with Gasteiger partial charge < -0.3 is 0 Å². The first-order valence-corrected chi connectivity index (χ1v) is 8.75. The molecule has 1 aromatic heterocycles. The van der Waals surface area contributed by atoms with Crippen molar-refractivity contribution < 1.29 is 4.79 Å². The zero-order valence-corrected chi connectivity index (χ0v) is 14.8. The number of hydrogen-bond donors (Lipinski definition) is 0. The predicted octanol–water partition coefficient (Wildman–Crippen LogP) is 4.23. The highest BCUT2D eigenvalue weighted by atomic mass is 32.2. The van der Waals surface area contributed by atoms with E-state index in [0.717, 1.165) is 22.2 Å². The highest BCUT2D eigenvalue weighted by molar-refractivity contribution is 7.99. The molecule has 3 rings (SSSR count). The van der Waals surface area contributed by atoms with Crippen LogP contribution >= 0.6 is 11.8 Å². The smallest absolute Gasteiger partial charge is 0.196 e. The topological polar surface area (TPSA) is 47.8 Å². The van der Waals surface area contributed by atoms with E-state index in [2.05, 4.69) is 48.3 Å². The number of hydrogen-bond acceptors (Lipinski definition) is 4. The van der Waals surface area contributed by atoms with Crippen LogP contribution in [0.2, 0.25) is 0 Å². The summed E-state index contributed by atoms with van der Waals surface area (Å²) in [5, 5.41) is 9.41. The van der Waals surface area contributed by atoms with E-state index in [-0.39, 0.29) is 5.78 Å². The molecule has 3 aromatic rings. The van der Waals surface area contributed by atoms with Gasteiger partial charge in [-0.25, -0.2) is 0 Å². The highest BCUT2D eigenvalue weighted by Gasteiger charge is 2.16. The average Bonchev–Trinajstić information content (AvgIpc) is 2.98. The molecular weight excluding hydrogens is 318 g/mol. The van der Waals surface area contributed by atoms with E-state index in [1.54, 1.807) is 6.92 Å². The van der Waals surface area contributed by atoms with Gasteiger partial charge in [-0.2, -0.15) is 0 Å². The van der Waals surface area contributed by atoms with Gasteiger partial charge in [-0.05, 0) is 32.9 Å². The molecule has 0 atom stereocenters. The summed E-state index contributed by atoms with van der Waals surface area (Å²) in [5.74, 6) is 1.29. The number of ketones is 1. The molecule has 5 heteroatoms. The molecule has 0 aliphatic carbocycles. The van der Waals surface area contributed by atoms with Crippen LogP contribution in [0.5, 0.6) is 0 Å². The molecule has 4 nitrogen and oxygen atoms in total. The first-order chi connectivity index (χ1) is 11.5. The van der Waals surface area contributed by atoms with Crippen LogP contribution in [0.1, 0.15) is 18.1 Å². The minimum atomic E-state index is 0.121. The Labute approximate surface area is 145 Å². The molecule has 1 heterocycles. The quantitative estimate of drug-likeness (QED) is 0.654. The maximum absolute atomic E-state index is 11.3. The van der Waals surface area contributed by atoms with Gasteiger partial charge in [0.2, 0.25) is 0 Å². The van der Waals surface area contributed by atoms with Crippen molar-refractivity contribution in [2.45, 2.75) is 25.9 Å². The number of thioether (sulfide) groups is 1. The molecule has 0 bridgehead atoms. The number of carbonyl (C=O) groups is 1. The zero-order valence-electron chi connectivity index (χ0n) is 14.0. The highest BCUT2D eigenvalue weighted by Crippen LogP contribution is 2.28. The van der Waals surface area contributed by atoms with E-state index in [1.165, 1.54) is 22.9 Å². The van der Waals surface area contributed by atoms with E-state index in [1.807, 2.05) is 28.8 Å². The zero-order chi connectivity index (χ0) is 17.1. The number of aryl methyl sites for hydroxylation is 2. The van der Waals surface area contributed by atoms with Gasteiger partial charge in [-0.1, -0.05) is 59.3 Å². The molecule has 0 amide bonds. The Hall–Kier alpha value is -2.40. The van der Waals surface area contributed by atoms with Gasteiger partial charge >= 0.3 is 0 Å². The van der Waals surface area contributed by atoms with Crippen LogP contribution in [0.3, 0.4) is 0 Å². The number of rotatable bonds is 5. The Morgan fingerprint density at radius 2 is 1.54 bits per heavy atom. The van der Waals surface area contributed by atoms with Gasteiger partial charge in [0.15, 0.2) is 11.0 Å². The number of carbonyl (C=O) groups excluding carboxylic acids is 1. The molecule has 0 saturated carbocycles. The monoisotopic (exact) mass is 337 g/mol. The number of Topliss-reactive ketones (excluding diaryl/α,β-unsaturated/α-hetero) is 1. The molecule has 0 fully saturated rings. The molecule has 0 radical (unpaired) electrons. The van der Waals surface area contributed by atoms with Crippen LogP contribution in [-0.4, -0.2) is 26.3 Å². The third-order valence-electron chi connectivity index (χ3n) is 3.64. The van der Waals surface area contributed by atoms with Crippen molar-refractivity contribution in [3.63, 3.8) is 0 Å². The SMILES string of the molecule is CC(=O)CSc1nnc(-c2ccc(C)cc2)n1-c1ccc(C)cc1. The summed E-state index contributed by atoms with van der Waals surface area (Å²) in [6, 6.07) is 16.4. The fourth-order valence-corrected chi connectivity index (χ4v) is 3.10. The van der Waals surface area contributed by atoms with E-state index in [0.29, 0.717) is 5.75 Å². The molecular formula is C19H19N3OS. The van der Waals surface area contributed by atoms with Crippen LogP contribution in [0, 0.1) is 13.8 Å². The maximum Gasteiger partial charge on any atom is 0.196 e. The van der Waals surface area contributed by atoms with Crippen molar-refractivity contribution >= 4 is 17.5 Å². The standard InChI is InChI=1S/C19H19N3OS/c1-13-4-8-16(9-5-13)18-20-21-19(24-12-15(3)23)22(18)17-10-6-14(2)7-11-17/h4-11H,12H2,1-3H3. The lowest BCUT2D eigenvalue weighted by molar-refractivity contribution is -0.114.